The third-order valence-electron chi connectivity index (χ3n) is 3.20. The molecule has 1 aliphatic rings. The van der Waals surface area contributed by atoms with Gasteiger partial charge in [0.25, 0.3) is 0 Å². The topological polar surface area (TPSA) is 45.2 Å². The van der Waals surface area contributed by atoms with Crippen LogP contribution in [-0.4, -0.2) is 43.0 Å². The number of pyridine rings is 1. The Labute approximate surface area is 109 Å². The number of carbonyl (C=O) groups is 1. The molecule has 100 valence electrons. The van der Waals surface area contributed by atoms with Crippen LogP contribution in [0.4, 0.5) is 0 Å². The lowest BCUT2D eigenvalue weighted by Crippen LogP contribution is -2.45. The molecule has 1 aromatic heterocycles. The summed E-state index contributed by atoms with van der Waals surface area (Å²) in [6, 6.07) is 5.72. The summed E-state index contributed by atoms with van der Waals surface area (Å²) < 4.78 is 0. The van der Waals surface area contributed by atoms with Gasteiger partial charge in [0.2, 0.25) is 5.91 Å². The molecule has 4 nitrogen and oxygen atoms in total. The van der Waals surface area contributed by atoms with E-state index in [1.54, 1.807) is 17.3 Å². The molecule has 2 heterocycles. The van der Waals surface area contributed by atoms with Gasteiger partial charge in [0.15, 0.2) is 0 Å². The minimum atomic E-state index is -0.116. The van der Waals surface area contributed by atoms with Gasteiger partial charge in [0.1, 0.15) is 0 Å². The summed E-state index contributed by atoms with van der Waals surface area (Å²) >= 11 is 0. The molecule has 0 unspecified atom stereocenters. The molecule has 0 aromatic carbocycles. The van der Waals surface area contributed by atoms with Gasteiger partial charge >= 0.3 is 0 Å². The van der Waals surface area contributed by atoms with Crippen LogP contribution in [0.15, 0.2) is 30.6 Å². The average Bonchev–Trinajstić information content (AvgIpc) is 2.41. The Balaban J connectivity index is 0.000000225. The van der Waals surface area contributed by atoms with E-state index >= 15 is 0 Å². The van der Waals surface area contributed by atoms with Crippen LogP contribution in [0.1, 0.15) is 19.8 Å². The number of hydrogen-bond donors (Lipinski definition) is 1. The molecule has 1 aromatic rings. The van der Waals surface area contributed by atoms with E-state index in [4.69, 9.17) is 0 Å². The van der Waals surface area contributed by atoms with Gasteiger partial charge in [-0.15, -0.1) is 0 Å². The Morgan fingerprint density at radius 1 is 1.17 bits per heavy atom. The zero-order chi connectivity index (χ0) is 13.4. The molecule has 1 amide bonds. The van der Waals surface area contributed by atoms with E-state index in [0.29, 0.717) is 0 Å². The van der Waals surface area contributed by atoms with E-state index in [-0.39, 0.29) is 11.3 Å². The zero-order valence-corrected chi connectivity index (χ0v) is 11.5. The summed E-state index contributed by atoms with van der Waals surface area (Å²) in [6.45, 7) is 4.00. The highest BCUT2D eigenvalue weighted by Gasteiger charge is 2.35. The van der Waals surface area contributed by atoms with Crippen molar-refractivity contribution in [1.82, 2.24) is 15.2 Å². The zero-order valence-electron chi connectivity index (χ0n) is 11.5. The molecule has 0 radical (unpaired) electrons. The van der Waals surface area contributed by atoms with Crippen molar-refractivity contribution in [3.8, 4) is 0 Å². The highest BCUT2D eigenvalue weighted by Crippen LogP contribution is 2.29. The van der Waals surface area contributed by atoms with E-state index < -0.39 is 0 Å². The van der Waals surface area contributed by atoms with Crippen LogP contribution in [0.25, 0.3) is 0 Å². The minimum absolute atomic E-state index is 0.116. The number of piperidine rings is 1. The Morgan fingerprint density at radius 3 is 2.06 bits per heavy atom. The molecule has 0 aliphatic carbocycles. The van der Waals surface area contributed by atoms with Gasteiger partial charge in [-0.2, -0.15) is 0 Å². The maximum Gasteiger partial charge on any atom is 0.228 e. The van der Waals surface area contributed by atoms with Gasteiger partial charge in [-0.25, -0.2) is 0 Å². The summed E-state index contributed by atoms with van der Waals surface area (Å²) in [5, 5.41) is 3.26. The predicted molar refractivity (Wildman–Crippen MR) is 73.1 cm³/mol. The number of hydrogen-bond acceptors (Lipinski definition) is 3. The summed E-state index contributed by atoms with van der Waals surface area (Å²) in [5.74, 6) is 0.268. The molecule has 0 spiro atoms. The maximum atomic E-state index is 11.7. The van der Waals surface area contributed by atoms with Gasteiger partial charge in [0, 0.05) is 31.9 Å². The molecule has 0 saturated carbocycles. The molecule has 1 saturated heterocycles. The van der Waals surface area contributed by atoms with Gasteiger partial charge in [-0.1, -0.05) is 13.0 Å². The molecule has 0 atom stereocenters. The molecule has 1 N–H and O–H groups in total. The number of amides is 1. The lowest BCUT2D eigenvalue weighted by Gasteiger charge is -2.34. The van der Waals surface area contributed by atoms with E-state index in [9.17, 15) is 4.79 Å². The van der Waals surface area contributed by atoms with Crippen LogP contribution >= 0.6 is 0 Å². The van der Waals surface area contributed by atoms with E-state index in [2.05, 4.69) is 17.2 Å². The summed E-state index contributed by atoms with van der Waals surface area (Å²) in [5.41, 5.74) is -0.116. The number of nitrogens with one attached hydrogen (secondary N) is 1. The van der Waals surface area contributed by atoms with Crippen molar-refractivity contribution >= 4 is 5.91 Å². The van der Waals surface area contributed by atoms with Crippen molar-refractivity contribution in [1.29, 1.82) is 0 Å². The molecule has 18 heavy (non-hydrogen) atoms. The summed E-state index contributed by atoms with van der Waals surface area (Å²) in [4.78, 5) is 17.2. The van der Waals surface area contributed by atoms with E-state index in [1.807, 2.05) is 32.3 Å². The molecule has 2 rings (SSSR count). The highest BCUT2D eigenvalue weighted by molar-refractivity contribution is 5.81. The normalized spacial score (nSPS) is 17.3. The van der Waals surface area contributed by atoms with Crippen LogP contribution in [0.5, 0.6) is 0 Å². The first-order valence-corrected chi connectivity index (χ1v) is 6.34. The first-order chi connectivity index (χ1) is 8.56. The van der Waals surface area contributed by atoms with Crippen molar-refractivity contribution < 1.29 is 4.79 Å². The summed E-state index contributed by atoms with van der Waals surface area (Å²) in [6.07, 6.45) is 5.42. The molecular formula is C14H23N3O. The Bertz CT molecular complexity index is 319. The van der Waals surface area contributed by atoms with Crippen LogP contribution in [0, 0.1) is 5.41 Å². The van der Waals surface area contributed by atoms with Crippen LogP contribution in [0.3, 0.4) is 0 Å². The summed E-state index contributed by atoms with van der Waals surface area (Å²) in [7, 11) is 3.66. The van der Waals surface area contributed by atoms with Crippen molar-refractivity contribution in [2.45, 2.75) is 19.8 Å². The monoisotopic (exact) mass is 249 g/mol. The number of carbonyl (C=O) groups excluding carboxylic acids is 1. The fraction of sp³-hybridized carbons (Fsp3) is 0.571. The minimum Gasteiger partial charge on any atom is -0.348 e. The number of rotatable bonds is 1. The Kier molecular flexibility index (Phi) is 5.78. The van der Waals surface area contributed by atoms with E-state index in [1.165, 1.54) is 0 Å². The average molecular weight is 249 g/mol. The molecule has 0 bridgehead atoms. The van der Waals surface area contributed by atoms with Crippen LogP contribution in [-0.2, 0) is 4.79 Å². The second-order valence-electron chi connectivity index (χ2n) is 5.03. The third kappa shape index (κ3) is 4.45. The molecule has 4 heteroatoms. The quantitative estimate of drug-likeness (QED) is 0.821. The van der Waals surface area contributed by atoms with Gasteiger partial charge in [-0.05, 0) is 38.1 Å². The highest BCUT2D eigenvalue weighted by atomic mass is 16.2. The molecule has 1 aliphatic heterocycles. The number of aromatic nitrogens is 1. The standard InChI is InChI=1S/C9H18N2O.C5H5N/c1-9(8(12)11(2)3)4-6-10-7-5-9;1-2-4-6-5-3-1/h10H,4-7H2,1-3H3;1-5H. The van der Waals surface area contributed by atoms with Crippen molar-refractivity contribution in [3.05, 3.63) is 30.6 Å². The van der Waals surface area contributed by atoms with Crippen molar-refractivity contribution in [2.24, 2.45) is 5.41 Å². The molecule has 1 fully saturated rings. The first-order valence-electron chi connectivity index (χ1n) is 6.34. The van der Waals surface area contributed by atoms with Gasteiger partial charge in [-0.3, -0.25) is 9.78 Å². The van der Waals surface area contributed by atoms with Crippen molar-refractivity contribution in [2.75, 3.05) is 27.2 Å². The number of nitrogens with zero attached hydrogens (tertiary/aromatic N) is 2. The first kappa shape index (κ1) is 14.6. The van der Waals surface area contributed by atoms with Crippen LogP contribution in [0.2, 0.25) is 0 Å². The van der Waals surface area contributed by atoms with E-state index in [0.717, 1.165) is 25.9 Å². The fourth-order valence-electron chi connectivity index (χ4n) is 2.04. The third-order valence-corrected chi connectivity index (χ3v) is 3.20. The maximum absolute atomic E-state index is 11.7. The fourth-order valence-corrected chi connectivity index (χ4v) is 2.04. The second kappa shape index (κ2) is 7.11. The van der Waals surface area contributed by atoms with Gasteiger partial charge < -0.3 is 10.2 Å². The van der Waals surface area contributed by atoms with Crippen LogP contribution < -0.4 is 5.32 Å². The SMILES string of the molecule is CN(C)C(=O)C1(C)CCNCC1.c1ccncc1. The lowest BCUT2D eigenvalue weighted by molar-refractivity contribution is -0.140. The second-order valence-corrected chi connectivity index (χ2v) is 5.03. The smallest absolute Gasteiger partial charge is 0.228 e. The van der Waals surface area contributed by atoms with Crippen molar-refractivity contribution in [3.63, 3.8) is 0 Å². The van der Waals surface area contributed by atoms with Gasteiger partial charge in [0.05, 0.1) is 0 Å². The lowest BCUT2D eigenvalue weighted by atomic mass is 9.80. The predicted octanol–water partition coefficient (Wildman–Crippen LogP) is 1.55. The Hall–Kier alpha value is -1.42. The Morgan fingerprint density at radius 2 is 1.72 bits per heavy atom. The molecular weight excluding hydrogens is 226 g/mol. The largest absolute Gasteiger partial charge is 0.348 e.